The van der Waals surface area contributed by atoms with Crippen molar-refractivity contribution in [3.63, 3.8) is 0 Å². The SMILES string of the molecule is COc1ccc(NC(N)=NCc2cccc(OC(F)F)c2)cc1.I. The van der Waals surface area contributed by atoms with Gasteiger partial charge in [0.15, 0.2) is 5.96 Å². The first-order valence-electron chi connectivity index (χ1n) is 6.81. The number of rotatable bonds is 6. The number of aliphatic imine (C=N–C) groups is 1. The number of halogens is 3. The van der Waals surface area contributed by atoms with Gasteiger partial charge in [0.25, 0.3) is 0 Å². The second-order valence-corrected chi connectivity index (χ2v) is 4.58. The fraction of sp³-hybridized carbons (Fsp3) is 0.188. The van der Waals surface area contributed by atoms with Crippen LogP contribution in [-0.4, -0.2) is 19.7 Å². The lowest BCUT2D eigenvalue weighted by atomic mass is 10.2. The standard InChI is InChI=1S/C16H17F2N3O2.HI/c1-22-13-7-5-12(6-8-13)21-16(19)20-10-11-3-2-4-14(9-11)23-15(17)18;/h2-9,15H,10H2,1H3,(H3,19,20,21);1H. The van der Waals surface area contributed by atoms with Gasteiger partial charge in [0, 0.05) is 5.69 Å². The third-order valence-corrected chi connectivity index (χ3v) is 2.92. The molecule has 0 saturated heterocycles. The normalized spacial score (nSPS) is 10.9. The van der Waals surface area contributed by atoms with E-state index in [1.54, 1.807) is 43.5 Å². The van der Waals surface area contributed by atoms with Gasteiger partial charge in [-0.25, -0.2) is 4.99 Å². The summed E-state index contributed by atoms with van der Waals surface area (Å²) in [6.45, 7) is -2.61. The summed E-state index contributed by atoms with van der Waals surface area (Å²) in [6, 6.07) is 13.5. The van der Waals surface area contributed by atoms with Crippen LogP contribution in [0.15, 0.2) is 53.5 Å². The van der Waals surface area contributed by atoms with Crippen molar-refractivity contribution in [2.24, 2.45) is 10.7 Å². The predicted molar refractivity (Wildman–Crippen MR) is 100 cm³/mol. The Hall–Kier alpha value is -2.10. The number of guanidine groups is 1. The second kappa shape index (κ2) is 9.91. The molecule has 0 spiro atoms. The van der Waals surface area contributed by atoms with Crippen LogP contribution in [0.25, 0.3) is 0 Å². The van der Waals surface area contributed by atoms with Gasteiger partial charge >= 0.3 is 6.61 Å². The van der Waals surface area contributed by atoms with Crippen molar-refractivity contribution in [1.29, 1.82) is 0 Å². The van der Waals surface area contributed by atoms with Crippen molar-refractivity contribution in [1.82, 2.24) is 0 Å². The first-order chi connectivity index (χ1) is 11.1. The largest absolute Gasteiger partial charge is 0.497 e. The summed E-state index contributed by atoms with van der Waals surface area (Å²) < 4.78 is 33.8. The van der Waals surface area contributed by atoms with Crippen LogP contribution < -0.4 is 20.5 Å². The van der Waals surface area contributed by atoms with Crippen LogP contribution in [0.5, 0.6) is 11.5 Å². The lowest BCUT2D eigenvalue weighted by Gasteiger charge is -2.08. The summed E-state index contributed by atoms with van der Waals surface area (Å²) in [5, 5.41) is 2.93. The number of ether oxygens (including phenoxy) is 2. The molecule has 0 heterocycles. The number of methoxy groups -OCH3 is 1. The fourth-order valence-corrected chi connectivity index (χ4v) is 1.86. The van der Waals surface area contributed by atoms with E-state index in [1.807, 2.05) is 0 Å². The minimum Gasteiger partial charge on any atom is -0.497 e. The van der Waals surface area contributed by atoms with Crippen LogP contribution in [0.4, 0.5) is 14.5 Å². The van der Waals surface area contributed by atoms with E-state index in [0.717, 1.165) is 11.4 Å². The Morgan fingerprint density at radius 2 is 1.88 bits per heavy atom. The predicted octanol–water partition coefficient (Wildman–Crippen LogP) is 3.84. The van der Waals surface area contributed by atoms with Gasteiger partial charge in [-0.1, -0.05) is 12.1 Å². The number of hydrogen-bond donors (Lipinski definition) is 2. The molecule has 0 unspecified atom stereocenters. The molecule has 0 aliphatic carbocycles. The highest BCUT2D eigenvalue weighted by Crippen LogP contribution is 2.17. The van der Waals surface area contributed by atoms with E-state index in [1.165, 1.54) is 12.1 Å². The third-order valence-electron chi connectivity index (χ3n) is 2.92. The topological polar surface area (TPSA) is 68.9 Å². The molecule has 0 atom stereocenters. The summed E-state index contributed by atoms with van der Waals surface area (Å²) >= 11 is 0. The van der Waals surface area contributed by atoms with Gasteiger partial charge in [-0.3, -0.25) is 0 Å². The maximum Gasteiger partial charge on any atom is 0.387 e. The average molecular weight is 449 g/mol. The van der Waals surface area contributed by atoms with E-state index in [-0.39, 0.29) is 42.2 Å². The van der Waals surface area contributed by atoms with Gasteiger partial charge < -0.3 is 20.5 Å². The van der Waals surface area contributed by atoms with E-state index >= 15 is 0 Å². The Morgan fingerprint density at radius 3 is 2.50 bits per heavy atom. The third kappa shape index (κ3) is 6.57. The lowest BCUT2D eigenvalue weighted by molar-refractivity contribution is -0.0498. The first-order valence-corrected chi connectivity index (χ1v) is 6.81. The van der Waals surface area contributed by atoms with E-state index < -0.39 is 6.61 Å². The number of hydrogen-bond acceptors (Lipinski definition) is 3. The van der Waals surface area contributed by atoms with Gasteiger partial charge in [0.2, 0.25) is 0 Å². The van der Waals surface area contributed by atoms with E-state index in [2.05, 4.69) is 15.0 Å². The van der Waals surface area contributed by atoms with E-state index in [0.29, 0.717) is 5.56 Å². The van der Waals surface area contributed by atoms with E-state index in [9.17, 15) is 8.78 Å². The highest BCUT2D eigenvalue weighted by Gasteiger charge is 2.04. The Kier molecular flexibility index (Phi) is 8.24. The zero-order valence-corrected chi connectivity index (χ0v) is 15.2. The maximum atomic E-state index is 12.2. The summed E-state index contributed by atoms with van der Waals surface area (Å²) in [5.74, 6) is 1.05. The van der Waals surface area contributed by atoms with Crippen LogP contribution >= 0.6 is 24.0 Å². The molecular formula is C16H18F2IN3O2. The summed E-state index contributed by atoms with van der Waals surface area (Å²) in [4.78, 5) is 4.16. The molecule has 130 valence electrons. The Balaban J connectivity index is 0.00000288. The number of nitrogens with one attached hydrogen (secondary N) is 1. The molecular weight excluding hydrogens is 431 g/mol. The van der Waals surface area contributed by atoms with Crippen LogP contribution in [0.1, 0.15) is 5.56 Å². The van der Waals surface area contributed by atoms with Gasteiger partial charge in [-0.05, 0) is 42.0 Å². The molecule has 2 aromatic carbocycles. The number of nitrogens with two attached hydrogens (primary N) is 1. The van der Waals surface area contributed by atoms with Crippen molar-refractivity contribution in [2.45, 2.75) is 13.2 Å². The van der Waals surface area contributed by atoms with Gasteiger partial charge in [0.1, 0.15) is 11.5 Å². The molecule has 0 radical (unpaired) electrons. The second-order valence-electron chi connectivity index (χ2n) is 4.58. The molecule has 0 fully saturated rings. The molecule has 0 aliphatic rings. The first kappa shape index (κ1) is 19.9. The number of benzene rings is 2. The monoisotopic (exact) mass is 449 g/mol. The zero-order chi connectivity index (χ0) is 16.7. The fourth-order valence-electron chi connectivity index (χ4n) is 1.86. The van der Waals surface area contributed by atoms with Crippen molar-refractivity contribution in [2.75, 3.05) is 12.4 Å². The average Bonchev–Trinajstić information content (AvgIpc) is 2.53. The van der Waals surface area contributed by atoms with Crippen LogP contribution in [0, 0.1) is 0 Å². The molecule has 2 rings (SSSR count). The van der Waals surface area contributed by atoms with Crippen LogP contribution in [0.2, 0.25) is 0 Å². The number of nitrogens with zero attached hydrogens (tertiary/aromatic N) is 1. The van der Waals surface area contributed by atoms with Gasteiger partial charge in [-0.2, -0.15) is 8.78 Å². The van der Waals surface area contributed by atoms with Crippen molar-refractivity contribution in [3.05, 3.63) is 54.1 Å². The molecule has 5 nitrogen and oxygen atoms in total. The molecule has 2 aromatic rings. The Bertz CT molecular complexity index is 667. The highest BCUT2D eigenvalue weighted by molar-refractivity contribution is 14.0. The smallest absolute Gasteiger partial charge is 0.387 e. The minimum atomic E-state index is -2.85. The molecule has 0 bridgehead atoms. The minimum absolute atomic E-state index is 0. The van der Waals surface area contributed by atoms with Crippen molar-refractivity contribution in [3.8, 4) is 11.5 Å². The molecule has 0 amide bonds. The van der Waals surface area contributed by atoms with Gasteiger partial charge in [-0.15, -0.1) is 24.0 Å². The Labute approximate surface area is 155 Å². The molecule has 24 heavy (non-hydrogen) atoms. The van der Waals surface area contributed by atoms with Gasteiger partial charge in [0.05, 0.1) is 13.7 Å². The highest BCUT2D eigenvalue weighted by atomic mass is 127. The quantitative estimate of drug-likeness (QED) is 0.400. The molecule has 0 saturated carbocycles. The number of anilines is 1. The Morgan fingerprint density at radius 1 is 1.17 bits per heavy atom. The van der Waals surface area contributed by atoms with Crippen molar-refractivity contribution < 1.29 is 18.3 Å². The van der Waals surface area contributed by atoms with Crippen molar-refractivity contribution >= 4 is 35.6 Å². The maximum absolute atomic E-state index is 12.2. The molecule has 0 aliphatic heterocycles. The van der Waals surface area contributed by atoms with Crippen LogP contribution in [0.3, 0.4) is 0 Å². The van der Waals surface area contributed by atoms with E-state index in [4.69, 9.17) is 10.5 Å². The molecule has 8 heteroatoms. The molecule has 3 N–H and O–H groups in total. The zero-order valence-electron chi connectivity index (χ0n) is 12.9. The van der Waals surface area contributed by atoms with Crippen LogP contribution in [-0.2, 0) is 6.54 Å². The molecule has 0 aromatic heterocycles. The summed E-state index contributed by atoms with van der Waals surface area (Å²) in [6.07, 6.45) is 0. The summed E-state index contributed by atoms with van der Waals surface area (Å²) in [7, 11) is 1.59. The summed E-state index contributed by atoms with van der Waals surface area (Å²) in [5.41, 5.74) is 7.28. The lowest BCUT2D eigenvalue weighted by Crippen LogP contribution is -2.22. The number of alkyl halides is 2.